The number of nitrogens with zero attached hydrogens (tertiary/aromatic N) is 3. The molecule has 0 aliphatic rings. The van der Waals surface area contributed by atoms with E-state index >= 15 is 0 Å². The Labute approximate surface area is 139 Å². The summed E-state index contributed by atoms with van der Waals surface area (Å²) in [6.45, 7) is 4.15. The predicted octanol–water partition coefficient (Wildman–Crippen LogP) is 4.34. The van der Waals surface area contributed by atoms with Crippen molar-refractivity contribution in [2.75, 3.05) is 5.73 Å². The molecule has 3 rings (SSSR count). The zero-order valence-electron chi connectivity index (χ0n) is 11.6. The van der Waals surface area contributed by atoms with E-state index in [1.165, 1.54) is 10.4 Å². The lowest BCUT2D eigenvalue weighted by Gasteiger charge is -2.04. The third-order valence-electron chi connectivity index (χ3n) is 3.17. The Hall–Kier alpha value is -1.18. The van der Waals surface area contributed by atoms with Crippen molar-refractivity contribution in [2.24, 2.45) is 0 Å². The molecule has 0 saturated carbocycles. The molecule has 0 spiro atoms. The van der Waals surface area contributed by atoms with Crippen molar-refractivity contribution in [1.29, 1.82) is 0 Å². The van der Waals surface area contributed by atoms with Crippen LogP contribution in [-0.4, -0.2) is 15.0 Å². The number of nitrogens with two attached hydrogens (primary N) is 1. The van der Waals surface area contributed by atoms with E-state index in [2.05, 4.69) is 44.7 Å². The van der Waals surface area contributed by atoms with Crippen molar-refractivity contribution in [1.82, 2.24) is 15.0 Å². The summed E-state index contributed by atoms with van der Waals surface area (Å²) in [6.07, 6.45) is 1.78. The van der Waals surface area contributed by atoms with Crippen LogP contribution in [0.25, 0.3) is 10.2 Å². The molecule has 3 heterocycles. The Morgan fingerprint density at radius 1 is 1.33 bits per heavy atom. The molecule has 0 radical (unpaired) electrons. The van der Waals surface area contributed by atoms with Gasteiger partial charge in [-0.25, -0.2) is 15.0 Å². The summed E-state index contributed by atoms with van der Waals surface area (Å²) in [5.74, 6) is 1.95. The van der Waals surface area contributed by atoms with Crippen LogP contribution in [0.2, 0.25) is 0 Å². The fourth-order valence-corrected chi connectivity index (χ4v) is 4.39. The Morgan fingerprint density at radius 3 is 2.90 bits per heavy atom. The van der Waals surface area contributed by atoms with Gasteiger partial charge in [-0.05, 0) is 47.5 Å². The second-order valence-corrected chi connectivity index (χ2v) is 7.59. The van der Waals surface area contributed by atoms with Gasteiger partial charge in [-0.15, -0.1) is 11.3 Å². The molecular formula is C14H13BrN4S2. The zero-order chi connectivity index (χ0) is 15.0. The summed E-state index contributed by atoms with van der Waals surface area (Å²) < 4.78 is 0.979. The molecule has 108 valence electrons. The second kappa shape index (κ2) is 5.90. The number of fused-ring (bicyclic) bond motifs is 1. The van der Waals surface area contributed by atoms with Crippen LogP contribution in [0.5, 0.6) is 0 Å². The summed E-state index contributed by atoms with van der Waals surface area (Å²) in [6, 6.07) is 3.87. The summed E-state index contributed by atoms with van der Waals surface area (Å²) in [4.78, 5) is 15.6. The molecule has 4 nitrogen and oxygen atoms in total. The highest BCUT2D eigenvalue weighted by molar-refractivity contribution is 9.10. The molecule has 0 aliphatic carbocycles. The molecule has 2 N–H and O–H groups in total. The highest BCUT2D eigenvalue weighted by atomic mass is 79.9. The maximum Gasteiger partial charge on any atom is 0.142 e. The van der Waals surface area contributed by atoms with Gasteiger partial charge in [0.25, 0.3) is 0 Å². The van der Waals surface area contributed by atoms with Gasteiger partial charge < -0.3 is 5.73 Å². The number of halogens is 1. The Morgan fingerprint density at radius 2 is 2.14 bits per heavy atom. The molecule has 0 amide bonds. The van der Waals surface area contributed by atoms with Gasteiger partial charge in [-0.2, -0.15) is 0 Å². The summed E-state index contributed by atoms with van der Waals surface area (Å²) >= 11 is 6.75. The third-order valence-corrected chi connectivity index (χ3v) is 6.17. The molecule has 0 bridgehead atoms. The monoisotopic (exact) mass is 380 g/mol. The van der Waals surface area contributed by atoms with Crippen molar-refractivity contribution in [3.8, 4) is 0 Å². The number of pyridine rings is 1. The van der Waals surface area contributed by atoms with Crippen LogP contribution in [0.3, 0.4) is 0 Å². The molecule has 0 atom stereocenters. The van der Waals surface area contributed by atoms with Crippen LogP contribution < -0.4 is 5.73 Å². The Kier molecular flexibility index (Phi) is 4.14. The SMILES string of the molecule is Cc1sc2nc(CSc3ncccc3Br)nc(N)c2c1C. The van der Waals surface area contributed by atoms with Crippen molar-refractivity contribution in [3.63, 3.8) is 0 Å². The van der Waals surface area contributed by atoms with E-state index in [1.54, 1.807) is 29.3 Å². The lowest BCUT2D eigenvalue weighted by Crippen LogP contribution is -1.99. The molecule has 3 aromatic heterocycles. The van der Waals surface area contributed by atoms with E-state index in [0.717, 1.165) is 25.5 Å². The molecule has 0 aromatic carbocycles. The minimum Gasteiger partial charge on any atom is -0.383 e. The average Bonchev–Trinajstić information content (AvgIpc) is 2.73. The van der Waals surface area contributed by atoms with Gasteiger partial charge in [0.2, 0.25) is 0 Å². The van der Waals surface area contributed by atoms with E-state index in [9.17, 15) is 0 Å². The van der Waals surface area contributed by atoms with E-state index in [1.807, 2.05) is 12.1 Å². The van der Waals surface area contributed by atoms with Gasteiger partial charge in [0.1, 0.15) is 21.5 Å². The van der Waals surface area contributed by atoms with Crippen molar-refractivity contribution >= 4 is 55.1 Å². The van der Waals surface area contributed by atoms with E-state index < -0.39 is 0 Å². The number of aromatic nitrogens is 3. The lowest BCUT2D eigenvalue weighted by atomic mass is 10.2. The Bertz CT molecular complexity index is 816. The highest BCUT2D eigenvalue weighted by Gasteiger charge is 2.13. The van der Waals surface area contributed by atoms with Gasteiger partial charge in [-0.1, -0.05) is 11.8 Å². The van der Waals surface area contributed by atoms with Crippen molar-refractivity contribution in [2.45, 2.75) is 24.6 Å². The third kappa shape index (κ3) is 2.90. The van der Waals surface area contributed by atoms with E-state index in [0.29, 0.717) is 11.6 Å². The smallest absolute Gasteiger partial charge is 0.142 e. The van der Waals surface area contributed by atoms with Crippen molar-refractivity contribution < 1.29 is 0 Å². The molecule has 0 fully saturated rings. The largest absolute Gasteiger partial charge is 0.383 e. The first-order valence-electron chi connectivity index (χ1n) is 6.31. The number of hydrogen-bond acceptors (Lipinski definition) is 6. The number of nitrogen functional groups attached to an aromatic ring is 1. The number of thioether (sulfide) groups is 1. The summed E-state index contributed by atoms with van der Waals surface area (Å²) in [5, 5.41) is 1.92. The highest BCUT2D eigenvalue weighted by Crippen LogP contribution is 2.33. The Balaban J connectivity index is 1.90. The quantitative estimate of drug-likeness (QED) is 0.684. The molecule has 21 heavy (non-hydrogen) atoms. The van der Waals surface area contributed by atoms with Crippen LogP contribution >= 0.6 is 39.0 Å². The number of aryl methyl sites for hydroxylation is 2. The van der Waals surface area contributed by atoms with Gasteiger partial charge in [0, 0.05) is 15.5 Å². The molecule has 7 heteroatoms. The first-order chi connectivity index (χ1) is 10.1. The number of thiophene rings is 1. The number of anilines is 1. The first-order valence-corrected chi connectivity index (χ1v) is 8.91. The zero-order valence-corrected chi connectivity index (χ0v) is 14.8. The van der Waals surface area contributed by atoms with Crippen LogP contribution in [0.1, 0.15) is 16.3 Å². The van der Waals surface area contributed by atoms with Crippen molar-refractivity contribution in [3.05, 3.63) is 39.1 Å². The maximum absolute atomic E-state index is 6.09. The normalized spacial score (nSPS) is 11.2. The van der Waals surface area contributed by atoms with Crippen LogP contribution in [0.4, 0.5) is 5.82 Å². The van der Waals surface area contributed by atoms with E-state index in [-0.39, 0.29) is 0 Å². The number of rotatable bonds is 3. The summed E-state index contributed by atoms with van der Waals surface area (Å²) in [7, 11) is 0. The van der Waals surface area contributed by atoms with Gasteiger partial charge in [0.15, 0.2) is 0 Å². The van der Waals surface area contributed by atoms with E-state index in [4.69, 9.17) is 5.73 Å². The maximum atomic E-state index is 6.09. The van der Waals surface area contributed by atoms with Crippen LogP contribution in [-0.2, 0) is 5.75 Å². The molecule has 0 aliphatic heterocycles. The number of hydrogen-bond donors (Lipinski definition) is 1. The molecular weight excluding hydrogens is 368 g/mol. The predicted molar refractivity (Wildman–Crippen MR) is 92.8 cm³/mol. The molecule has 0 unspecified atom stereocenters. The molecule has 3 aromatic rings. The lowest BCUT2D eigenvalue weighted by molar-refractivity contribution is 1.06. The fraction of sp³-hybridized carbons (Fsp3) is 0.214. The van der Waals surface area contributed by atoms with Gasteiger partial charge in [0.05, 0.1) is 11.1 Å². The van der Waals surface area contributed by atoms with Gasteiger partial charge in [-0.3, -0.25) is 0 Å². The van der Waals surface area contributed by atoms with Crippen LogP contribution in [0, 0.1) is 13.8 Å². The topological polar surface area (TPSA) is 64.7 Å². The summed E-state index contributed by atoms with van der Waals surface area (Å²) in [5.41, 5.74) is 7.27. The minimum atomic E-state index is 0.567. The average molecular weight is 381 g/mol. The van der Waals surface area contributed by atoms with Gasteiger partial charge >= 0.3 is 0 Å². The molecule has 0 saturated heterocycles. The van der Waals surface area contributed by atoms with Crippen LogP contribution in [0.15, 0.2) is 27.8 Å². The first kappa shape index (κ1) is 14.7. The fourth-order valence-electron chi connectivity index (χ4n) is 2.00. The standard InChI is InChI=1S/C14H13BrN4S2/c1-7-8(2)21-14-11(7)12(16)18-10(19-14)6-20-13-9(15)4-3-5-17-13/h3-5H,6H2,1-2H3,(H2,16,18,19). The second-order valence-electron chi connectivity index (χ2n) is 4.57. The minimum absolute atomic E-state index is 0.567.